The van der Waals surface area contributed by atoms with Gasteiger partial charge in [0.15, 0.2) is 0 Å². The highest BCUT2D eigenvalue weighted by Gasteiger charge is 2.39. The Balaban J connectivity index is 2.66. The number of hydrogen-bond donors (Lipinski definition) is 0. The van der Waals surface area contributed by atoms with Gasteiger partial charge in [-0.2, -0.15) is 0 Å². The fourth-order valence-corrected chi connectivity index (χ4v) is 2.21. The largest absolute Gasteiger partial charge is 0.382 e. The van der Waals surface area contributed by atoms with Gasteiger partial charge in [-0.25, -0.2) is 0 Å². The van der Waals surface area contributed by atoms with Gasteiger partial charge in [0, 0.05) is 14.2 Å². The van der Waals surface area contributed by atoms with Gasteiger partial charge in [-0.15, -0.1) is 0 Å². The molecular formula is C11H22O3. The van der Waals surface area contributed by atoms with Crippen molar-refractivity contribution < 1.29 is 14.2 Å². The zero-order valence-corrected chi connectivity index (χ0v) is 9.82. The summed E-state index contributed by atoms with van der Waals surface area (Å²) >= 11 is 0. The van der Waals surface area contributed by atoms with Crippen molar-refractivity contribution in [2.75, 3.05) is 20.8 Å². The predicted molar refractivity (Wildman–Crippen MR) is 55.3 cm³/mol. The van der Waals surface area contributed by atoms with Gasteiger partial charge in [0.2, 0.25) is 0 Å². The second kappa shape index (κ2) is 5.10. The van der Waals surface area contributed by atoms with Crippen LogP contribution in [-0.2, 0) is 14.2 Å². The molecule has 1 aliphatic heterocycles. The van der Waals surface area contributed by atoms with Crippen LogP contribution in [0.15, 0.2) is 0 Å². The molecule has 0 aromatic heterocycles. The molecule has 1 aliphatic rings. The molecule has 0 bridgehead atoms. The zero-order valence-electron chi connectivity index (χ0n) is 9.82. The molecular weight excluding hydrogens is 180 g/mol. The van der Waals surface area contributed by atoms with E-state index in [1.165, 1.54) is 0 Å². The van der Waals surface area contributed by atoms with Crippen LogP contribution in [0, 0.1) is 11.8 Å². The molecule has 3 heteroatoms. The quantitative estimate of drug-likeness (QED) is 0.697. The fraction of sp³-hybridized carbons (Fsp3) is 1.00. The van der Waals surface area contributed by atoms with E-state index in [0.717, 1.165) is 0 Å². The fourth-order valence-electron chi connectivity index (χ4n) is 2.21. The average Bonchev–Trinajstić information content (AvgIpc) is 2.16. The summed E-state index contributed by atoms with van der Waals surface area (Å²) in [5.41, 5.74) is 0. The van der Waals surface area contributed by atoms with Crippen LogP contribution in [0.2, 0.25) is 0 Å². The van der Waals surface area contributed by atoms with E-state index in [-0.39, 0.29) is 18.3 Å². The minimum atomic E-state index is 0.0752. The van der Waals surface area contributed by atoms with Crippen molar-refractivity contribution in [3.63, 3.8) is 0 Å². The first kappa shape index (κ1) is 12.0. The monoisotopic (exact) mass is 202 g/mol. The first-order chi connectivity index (χ1) is 6.61. The molecule has 0 aromatic rings. The van der Waals surface area contributed by atoms with E-state index in [1.807, 2.05) is 0 Å². The maximum atomic E-state index is 5.86. The third kappa shape index (κ3) is 2.27. The number of methoxy groups -OCH3 is 2. The van der Waals surface area contributed by atoms with E-state index >= 15 is 0 Å². The van der Waals surface area contributed by atoms with Crippen molar-refractivity contribution in [2.24, 2.45) is 11.8 Å². The molecule has 1 rings (SSSR count). The molecule has 0 amide bonds. The Hall–Kier alpha value is -0.120. The van der Waals surface area contributed by atoms with Gasteiger partial charge in [0.25, 0.3) is 0 Å². The van der Waals surface area contributed by atoms with E-state index in [9.17, 15) is 0 Å². The highest BCUT2D eigenvalue weighted by Crippen LogP contribution is 2.32. The Labute approximate surface area is 86.7 Å². The van der Waals surface area contributed by atoms with Gasteiger partial charge in [-0.05, 0) is 18.8 Å². The van der Waals surface area contributed by atoms with Crippen molar-refractivity contribution in [1.82, 2.24) is 0 Å². The summed E-state index contributed by atoms with van der Waals surface area (Å²) in [4.78, 5) is 0. The lowest BCUT2D eigenvalue weighted by Crippen LogP contribution is -2.50. The van der Waals surface area contributed by atoms with Crippen LogP contribution in [0.25, 0.3) is 0 Å². The van der Waals surface area contributed by atoms with Crippen LogP contribution < -0.4 is 0 Å². The van der Waals surface area contributed by atoms with Crippen molar-refractivity contribution in [3.8, 4) is 0 Å². The molecule has 0 aromatic carbocycles. The molecule has 14 heavy (non-hydrogen) atoms. The van der Waals surface area contributed by atoms with E-state index < -0.39 is 0 Å². The molecule has 84 valence electrons. The topological polar surface area (TPSA) is 27.7 Å². The molecule has 1 heterocycles. The van der Waals surface area contributed by atoms with Gasteiger partial charge >= 0.3 is 0 Å². The van der Waals surface area contributed by atoms with E-state index in [4.69, 9.17) is 14.2 Å². The third-order valence-electron chi connectivity index (χ3n) is 3.45. The summed E-state index contributed by atoms with van der Waals surface area (Å²) in [6.07, 6.45) is 0.517. The molecule has 0 saturated carbocycles. The lowest BCUT2D eigenvalue weighted by atomic mass is 9.82. The molecule has 3 nitrogen and oxygen atoms in total. The molecule has 0 spiro atoms. The maximum absolute atomic E-state index is 5.86. The van der Waals surface area contributed by atoms with Gasteiger partial charge in [0.05, 0.1) is 18.8 Å². The van der Waals surface area contributed by atoms with Crippen LogP contribution in [0.4, 0.5) is 0 Å². The Kier molecular flexibility index (Phi) is 4.35. The normalized spacial score (nSPS) is 43.9. The Bertz CT molecular complexity index is 172. The van der Waals surface area contributed by atoms with Gasteiger partial charge in [-0.3, -0.25) is 0 Å². The average molecular weight is 202 g/mol. The molecule has 0 radical (unpaired) electrons. The molecule has 0 aliphatic carbocycles. The molecule has 5 atom stereocenters. The number of hydrogen-bond acceptors (Lipinski definition) is 3. The first-order valence-electron chi connectivity index (χ1n) is 5.29. The highest BCUT2D eigenvalue weighted by atomic mass is 16.6. The number of rotatable bonds is 3. The smallest absolute Gasteiger partial charge is 0.107 e. The SMILES string of the molecule is COCC1O[C@@H](C)[C@H](C)C(C)[C@H]1OC. The molecule has 1 fully saturated rings. The summed E-state index contributed by atoms with van der Waals surface area (Å²) in [5, 5.41) is 0. The minimum Gasteiger partial charge on any atom is -0.382 e. The zero-order chi connectivity index (χ0) is 10.7. The summed E-state index contributed by atoms with van der Waals surface area (Å²) in [6, 6.07) is 0. The predicted octanol–water partition coefficient (Wildman–Crippen LogP) is 1.71. The molecule has 1 saturated heterocycles. The van der Waals surface area contributed by atoms with Gasteiger partial charge in [-0.1, -0.05) is 13.8 Å². The van der Waals surface area contributed by atoms with Crippen molar-refractivity contribution in [1.29, 1.82) is 0 Å². The van der Waals surface area contributed by atoms with Crippen LogP contribution in [0.5, 0.6) is 0 Å². The highest BCUT2D eigenvalue weighted by molar-refractivity contribution is 4.87. The first-order valence-corrected chi connectivity index (χ1v) is 5.29. The standard InChI is InChI=1S/C11H22O3/c1-7-8(2)11(13-5)10(6-12-4)14-9(7)3/h7-11H,6H2,1-5H3/t7-,8?,9+,10?,11-/m1/s1. The van der Waals surface area contributed by atoms with Crippen molar-refractivity contribution >= 4 is 0 Å². The summed E-state index contributed by atoms with van der Waals surface area (Å²) in [6.45, 7) is 7.17. The molecule has 0 N–H and O–H groups in total. The van der Waals surface area contributed by atoms with Gasteiger partial charge in [0.1, 0.15) is 6.10 Å². The Morgan fingerprint density at radius 3 is 2.21 bits per heavy atom. The van der Waals surface area contributed by atoms with E-state index in [1.54, 1.807) is 14.2 Å². The minimum absolute atomic E-state index is 0.0752. The second-order valence-corrected chi connectivity index (χ2v) is 4.25. The van der Waals surface area contributed by atoms with Crippen LogP contribution in [0.3, 0.4) is 0 Å². The lowest BCUT2D eigenvalue weighted by Gasteiger charge is -2.42. The van der Waals surface area contributed by atoms with Crippen molar-refractivity contribution in [2.45, 2.75) is 39.1 Å². The second-order valence-electron chi connectivity index (χ2n) is 4.25. The Morgan fingerprint density at radius 1 is 1.07 bits per heavy atom. The summed E-state index contributed by atoms with van der Waals surface area (Å²) in [5.74, 6) is 1.05. The Morgan fingerprint density at radius 2 is 1.71 bits per heavy atom. The maximum Gasteiger partial charge on any atom is 0.107 e. The lowest BCUT2D eigenvalue weighted by molar-refractivity contribution is -0.186. The summed E-state index contributed by atoms with van der Waals surface area (Å²) in [7, 11) is 3.44. The van der Waals surface area contributed by atoms with Crippen molar-refractivity contribution in [3.05, 3.63) is 0 Å². The van der Waals surface area contributed by atoms with E-state index in [0.29, 0.717) is 18.4 Å². The number of ether oxygens (including phenoxy) is 3. The van der Waals surface area contributed by atoms with Crippen LogP contribution in [-0.4, -0.2) is 39.1 Å². The summed E-state index contributed by atoms with van der Waals surface area (Å²) < 4.78 is 16.5. The van der Waals surface area contributed by atoms with Crippen LogP contribution >= 0.6 is 0 Å². The van der Waals surface area contributed by atoms with Crippen LogP contribution in [0.1, 0.15) is 20.8 Å². The molecule has 2 unspecified atom stereocenters. The van der Waals surface area contributed by atoms with E-state index in [2.05, 4.69) is 20.8 Å². The third-order valence-corrected chi connectivity index (χ3v) is 3.45. The van der Waals surface area contributed by atoms with Gasteiger partial charge < -0.3 is 14.2 Å².